The van der Waals surface area contributed by atoms with Crippen LogP contribution in [0.25, 0.3) is 0 Å². The van der Waals surface area contributed by atoms with Gasteiger partial charge < -0.3 is 60.0 Å². The fourth-order valence-corrected chi connectivity index (χ4v) is 1.98. The van der Waals surface area contributed by atoms with Crippen LogP contribution >= 0.6 is 0 Å². The first kappa shape index (κ1) is 50.2. The summed E-state index contributed by atoms with van der Waals surface area (Å²) in [6.45, 7) is 5.49. The number of hydrogen-bond donors (Lipinski definition) is 4. The fourth-order valence-electron chi connectivity index (χ4n) is 1.98. The van der Waals surface area contributed by atoms with Crippen LogP contribution in [0.1, 0.15) is 79.1 Å². The van der Waals surface area contributed by atoms with Crippen molar-refractivity contribution in [3.05, 3.63) is 46.6 Å². The topological polar surface area (TPSA) is 310 Å². The van der Waals surface area contributed by atoms with E-state index in [1.54, 1.807) is 0 Å². The number of hydrogen-bond acceptors (Lipinski definition) is 12. The third kappa shape index (κ3) is 44.2. The van der Waals surface area contributed by atoms with Gasteiger partial charge in [-0.05, 0) is 75.7 Å². The summed E-state index contributed by atoms with van der Waals surface area (Å²) in [4.78, 5) is 80.0. The van der Waals surface area contributed by atoms with Crippen molar-refractivity contribution in [2.24, 2.45) is 0 Å². The second kappa shape index (κ2) is 31.0. The molecule has 0 saturated carbocycles. The first-order valence-electron chi connectivity index (χ1n) is 12.5. The molecule has 248 valence electrons. The van der Waals surface area contributed by atoms with Crippen molar-refractivity contribution >= 4 is 47.8 Å². The van der Waals surface area contributed by atoms with Gasteiger partial charge in [0.1, 0.15) is 0 Å². The third-order valence-electron chi connectivity index (χ3n) is 4.52. The number of allylic oxidation sites excluding steroid dienone is 4. The third-order valence-corrected chi connectivity index (χ3v) is 4.52. The van der Waals surface area contributed by atoms with Crippen LogP contribution in [-0.2, 0) is 64.2 Å². The predicted molar refractivity (Wildman–Crippen MR) is 143 cm³/mol. The van der Waals surface area contributed by atoms with Crippen molar-refractivity contribution in [1.29, 1.82) is 0 Å². The molecule has 4 N–H and O–H groups in total. The average molecular weight is 807 g/mol. The quantitative estimate of drug-likeness (QED) is 0.0986. The van der Waals surface area contributed by atoms with Gasteiger partial charge in [0.25, 0.3) is 0 Å². The Morgan fingerprint density at radius 3 is 0.622 bits per heavy atom. The zero-order valence-corrected chi connectivity index (χ0v) is 28.7. The molecule has 0 unspecified atom stereocenters. The Balaban J connectivity index is -0.000000157. The molecule has 0 aliphatic heterocycles. The van der Waals surface area contributed by atoms with E-state index in [2.05, 4.69) is 0 Å². The standard InChI is InChI=1S/4C7H10O4.Hf/c4*1-5(7(10)11)3-2-4-6(8)9;/h4*3H,2,4H2,1H3,(H,8,9)(H,10,11);/q;;;;+4/p-4. The Morgan fingerprint density at radius 1 is 0.400 bits per heavy atom. The number of carboxylic acid groups (broad SMARTS) is 8. The van der Waals surface area contributed by atoms with E-state index >= 15 is 0 Å². The van der Waals surface area contributed by atoms with Gasteiger partial charge in [0.2, 0.25) is 0 Å². The Labute approximate surface area is 277 Å². The minimum Gasteiger partial charge on any atom is -0.545 e. The summed E-state index contributed by atoms with van der Waals surface area (Å²) in [5.74, 6) is -8.77. The molecule has 0 heterocycles. The molecule has 0 saturated heterocycles. The van der Waals surface area contributed by atoms with Crippen LogP contribution in [0.3, 0.4) is 0 Å². The van der Waals surface area contributed by atoms with Crippen molar-refractivity contribution in [3.63, 3.8) is 0 Å². The maximum Gasteiger partial charge on any atom is 4.00 e. The normalized spacial score (nSPS) is 10.9. The fraction of sp³-hybridized carbons (Fsp3) is 0.429. The van der Waals surface area contributed by atoms with Crippen LogP contribution in [0.4, 0.5) is 0 Å². The SMILES string of the molecule is CC(=CCCC(=O)O)C(=O)[O-].CC(=CCCC(=O)O)C(=O)[O-].CC(=CCCC(=O)O)C(=O)[O-].CC(=CCCC(=O)O)C(=O)[O-].[Hf+4]. The predicted octanol–water partition coefficient (Wildman–Crippen LogP) is -1.81. The summed E-state index contributed by atoms with van der Waals surface area (Å²) in [5, 5.41) is 72.9. The molecule has 45 heavy (non-hydrogen) atoms. The minimum atomic E-state index is -1.25. The molecule has 0 bridgehead atoms. The summed E-state index contributed by atoms with van der Waals surface area (Å²) >= 11 is 0. The van der Waals surface area contributed by atoms with Gasteiger partial charge in [-0.1, -0.05) is 24.3 Å². The van der Waals surface area contributed by atoms with Gasteiger partial charge in [0, 0.05) is 25.7 Å². The van der Waals surface area contributed by atoms with Gasteiger partial charge in [-0.3, -0.25) is 19.2 Å². The summed E-state index contributed by atoms with van der Waals surface area (Å²) in [7, 11) is 0. The molecule has 0 atom stereocenters. The number of carbonyl (C=O) groups is 8. The smallest absolute Gasteiger partial charge is 0.545 e. The van der Waals surface area contributed by atoms with E-state index in [0.717, 1.165) is 0 Å². The van der Waals surface area contributed by atoms with E-state index in [-0.39, 0.29) is 99.5 Å². The molecule has 0 radical (unpaired) electrons. The Morgan fingerprint density at radius 2 is 0.533 bits per heavy atom. The van der Waals surface area contributed by atoms with Crippen LogP contribution in [0.2, 0.25) is 0 Å². The van der Waals surface area contributed by atoms with Crippen LogP contribution in [0.5, 0.6) is 0 Å². The number of carbonyl (C=O) groups excluding carboxylic acids is 4. The van der Waals surface area contributed by atoms with E-state index in [9.17, 15) is 58.8 Å². The molecule has 0 spiro atoms. The number of rotatable bonds is 16. The van der Waals surface area contributed by atoms with E-state index in [0.29, 0.717) is 0 Å². The largest absolute Gasteiger partial charge is 4.00 e. The summed E-state index contributed by atoms with van der Waals surface area (Å²) in [6.07, 6.45) is 6.07. The first-order chi connectivity index (χ1) is 20.1. The maximum absolute atomic E-state index is 10.0. The van der Waals surface area contributed by atoms with Gasteiger partial charge >= 0.3 is 49.7 Å². The molecule has 0 aliphatic rings. The van der Waals surface area contributed by atoms with Gasteiger partial charge in [0.15, 0.2) is 0 Å². The summed E-state index contributed by atoms with van der Waals surface area (Å²) < 4.78 is 0. The van der Waals surface area contributed by atoms with E-state index in [1.807, 2.05) is 0 Å². The molecule has 16 nitrogen and oxygen atoms in total. The zero-order chi connectivity index (χ0) is 35.4. The van der Waals surface area contributed by atoms with Crippen LogP contribution in [0, 0.1) is 0 Å². The Kier molecular flexibility index (Phi) is 34.6. The zero-order valence-electron chi connectivity index (χ0n) is 25.2. The molecular formula is C28H36HfO16. The molecule has 0 aliphatic carbocycles. The monoisotopic (exact) mass is 808 g/mol. The molecule has 17 heteroatoms. The number of carboxylic acids is 8. The molecule has 0 rings (SSSR count). The van der Waals surface area contributed by atoms with Gasteiger partial charge in [-0.25, -0.2) is 0 Å². The molecule has 0 amide bonds. The Hall–Kier alpha value is -4.41. The van der Waals surface area contributed by atoms with Crippen LogP contribution < -0.4 is 20.4 Å². The minimum absolute atomic E-state index is 0. The molecule has 0 aromatic heterocycles. The summed E-state index contributed by atoms with van der Waals surface area (Å²) in [6, 6.07) is 0. The summed E-state index contributed by atoms with van der Waals surface area (Å²) in [5.41, 5.74) is 0.301. The van der Waals surface area contributed by atoms with Crippen molar-refractivity contribution in [2.75, 3.05) is 0 Å². The molecular weight excluding hydrogens is 771 g/mol. The van der Waals surface area contributed by atoms with E-state index in [4.69, 9.17) is 20.4 Å². The van der Waals surface area contributed by atoms with Crippen LogP contribution in [0.15, 0.2) is 46.6 Å². The second-order valence-corrected chi connectivity index (χ2v) is 8.43. The second-order valence-electron chi connectivity index (χ2n) is 8.43. The number of aliphatic carboxylic acids is 8. The molecule has 0 aromatic carbocycles. The molecule has 0 fully saturated rings. The van der Waals surface area contributed by atoms with Crippen molar-refractivity contribution < 1.29 is 105 Å². The van der Waals surface area contributed by atoms with Gasteiger partial charge in [-0.15, -0.1) is 0 Å². The maximum atomic E-state index is 10.0. The van der Waals surface area contributed by atoms with E-state index in [1.165, 1.54) is 52.0 Å². The van der Waals surface area contributed by atoms with Crippen molar-refractivity contribution in [1.82, 2.24) is 0 Å². The van der Waals surface area contributed by atoms with E-state index < -0.39 is 47.8 Å². The van der Waals surface area contributed by atoms with Crippen molar-refractivity contribution in [3.8, 4) is 0 Å². The average Bonchev–Trinajstić information content (AvgIpc) is 2.88. The molecule has 0 aromatic rings. The Bertz CT molecular complexity index is 953. The van der Waals surface area contributed by atoms with Gasteiger partial charge in [-0.2, -0.15) is 0 Å². The van der Waals surface area contributed by atoms with Crippen LogP contribution in [-0.4, -0.2) is 68.2 Å². The van der Waals surface area contributed by atoms with Crippen molar-refractivity contribution in [2.45, 2.75) is 79.1 Å². The first-order valence-corrected chi connectivity index (χ1v) is 12.5. The van der Waals surface area contributed by atoms with Gasteiger partial charge in [0.05, 0.1) is 23.9 Å².